The summed E-state index contributed by atoms with van der Waals surface area (Å²) in [5.41, 5.74) is -0.292. The van der Waals surface area contributed by atoms with Crippen LogP contribution in [0.2, 0.25) is 0 Å². The van der Waals surface area contributed by atoms with Crippen LogP contribution in [-0.4, -0.2) is 27.6 Å². The topological polar surface area (TPSA) is 94.8 Å². The van der Waals surface area contributed by atoms with Crippen LogP contribution >= 0.6 is 0 Å². The number of aldehydes is 1. The van der Waals surface area contributed by atoms with Gasteiger partial charge in [0.05, 0.1) is 5.56 Å². The van der Waals surface area contributed by atoms with E-state index in [0.717, 1.165) is 0 Å². The number of phenolic OH excluding ortho intramolecular Hbond substituents is 1. The molecule has 0 unspecified atom stereocenters. The molecule has 0 saturated heterocycles. The van der Waals surface area contributed by atoms with Gasteiger partial charge in [-0.2, -0.15) is 0 Å². The van der Waals surface area contributed by atoms with E-state index in [1.807, 2.05) is 0 Å². The second-order valence-electron chi connectivity index (χ2n) is 4.10. The first-order valence-corrected chi connectivity index (χ1v) is 5.09. The van der Waals surface area contributed by atoms with E-state index in [-0.39, 0.29) is 33.9 Å². The van der Waals surface area contributed by atoms with Crippen LogP contribution in [0.3, 0.4) is 0 Å². The fraction of sp³-hybridized carbons (Fsp3) is 0.333. The maximum Gasteiger partial charge on any atom is 0.339 e. The lowest BCUT2D eigenvalue weighted by molar-refractivity contribution is 0.0692. The van der Waals surface area contributed by atoms with Crippen molar-refractivity contribution in [1.29, 1.82) is 0 Å². The summed E-state index contributed by atoms with van der Waals surface area (Å²) in [5.74, 6) is -2.46. The summed E-state index contributed by atoms with van der Waals surface area (Å²) in [6.07, 6.45) is 0.391. The van der Waals surface area contributed by atoms with E-state index in [1.165, 1.54) is 6.92 Å². The van der Waals surface area contributed by atoms with Crippen LogP contribution in [-0.2, 0) is 0 Å². The molecular formula is C12H14O5. The lowest BCUT2D eigenvalue weighted by Gasteiger charge is -2.17. The second kappa shape index (κ2) is 4.45. The zero-order valence-corrected chi connectivity index (χ0v) is 9.81. The molecule has 0 fully saturated rings. The number of phenols is 2. The summed E-state index contributed by atoms with van der Waals surface area (Å²) in [6, 6.07) is 0. The molecule has 0 atom stereocenters. The highest BCUT2D eigenvalue weighted by Crippen LogP contribution is 2.40. The molecule has 5 nitrogen and oxygen atoms in total. The van der Waals surface area contributed by atoms with Crippen molar-refractivity contribution in [3.8, 4) is 11.5 Å². The number of aromatic hydroxyl groups is 2. The SMILES string of the molecule is Cc1c(C=O)c(O)c(C(C)C)c(O)c1C(=O)O. The van der Waals surface area contributed by atoms with Gasteiger partial charge in [0.2, 0.25) is 0 Å². The highest BCUT2D eigenvalue weighted by atomic mass is 16.4. The zero-order valence-electron chi connectivity index (χ0n) is 9.81. The molecule has 92 valence electrons. The van der Waals surface area contributed by atoms with Gasteiger partial charge in [0.25, 0.3) is 0 Å². The van der Waals surface area contributed by atoms with Gasteiger partial charge in [-0.1, -0.05) is 13.8 Å². The van der Waals surface area contributed by atoms with Gasteiger partial charge < -0.3 is 15.3 Å². The van der Waals surface area contributed by atoms with Crippen LogP contribution in [0.15, 0.2) is 0 Å². The van der Waals surface area contributed by atoms with Gasteiger partial charge in [0.15, 0.2) is 6.29 Å². The largest absolute Gasteiger partial charge is 0.507 e. The molecule has 0 spiro atoms. The molecule has 3 N–H and O–H groups in total. The summed E-state index contributed by atoms with van der Waals surface area (Å²) in [7, 11) is 0. The number of aromatic carboxylic acids is 1. The molecule has 1 aromatic rings. The van der Waals surface area contributed by atoms with Crippen LogP contribution in [0.5, 0.6) is 11.5 Å². The normalized spacial score (nSPS) is 10.6. The minimum absolute atomic E-state index is 0.0619. The third kappa shape index (κ3) is 1.95. The summed E-state index contributed by atoms with van der Waals surface area (Å²) in [4.78, 5) is 21.9. The summed E-state index contributed by atoms with van der Waals surface area (Å²) >= 11 is 0. The van der Waals surface area contributed by atoms with Gasteiger partial charge in [0, 0.05) is 5.56 Å². The molecule has 0 heterocycles. The summed E-state index contributed by atoms with van der Waals surface area (Å²) in [5, 5.41) is 28.7. The molecule has 0 aliphatic heterocycles. The Bertz CT molecular complexity index is 488. The molecule has 5 heteroatoms. The van der Waals surface area contributed by atoms with E-state index >= 15 is 0 Å². The van der Waals surface area contributed by atoms with E-state index in [9.17, 15) is 19.8 Å². The number of hydrogen-bond donors (Lipinski definition) is 3. The Morgan fingerprint density at radius 3 is 2.12 bits per heavy atom. The minimum atomic E-state index is -1.33. The van der Waals surface area contributed by atoms with Crippen molar-refractivity contribution in [2.75, 3.05) is 0 Å². The van der Waals surface area contributed by atoms with Crippen molar-refractivity contribution in [3.05, 3.63) is 22.3 Å². The Morgan fingerprint density at radius 2 is 1.76 bits per heavy atom. The van der Waals surface area contributed by atoms with Crippen molar-refractivity contribution in [2.24, 2.45) is 0 Å². The summed E-state index contributed by atoms with van der Waals surface area (Å²) in [6.45, 7) is 4.74. The molecule has 0 aliphatic carbocycles. The predicted molar refractivity (Wildman–Crippen MR) is 60.9 cm³/mol. The van der Waals surface area contributed by atoms with Crippen LogP contribution < -0.4 is 0 Å². The standard InChI is InChI=1S/C12H14O5/c1-5(2)8-10(14)7(4-13)6(3)9(11(8)15)12(16)17/h4-5,14-15H,1-3H3,(H,16,17). The van der Waals surface area contributed by atoms with Crippen molar-refractivity contribution in [3.63, 3.8) is 0 Å². The maximum atomic E-state index is 11.0. The van der Waals surface area contributed by atoms with Gasteiger partial charge >= 0.3 is 5.97 Å². The number of hydrogen-bond acceptors (Lipinski definition) is 4. The average Bonchev–Trinajstić information content (AvgIpc) is 2.16. The smallest absolute Gasteiger partial charge is 0.339 e. The quantitative estimate of drug-likeness (QED) is 0.700. The zero-order chi connectivity index (χ0) is 13.3. The average molecular weight is 238 g/mol. The molecule has 0 radical (unpaired) electrons. The Balaban J connectivity index is 3.82. The van der Waals surface area contributed by atoms with E-state index in [4.69, 9.17) is 5.11 Å². The Hall–Kier alpha value is -2.04. The van der Waals surface area contributed by atoms with Gasteiger partial charge in [-0.3, -0.25) is 4.79 Å². The van der Waals surface area contributed by atoms with Crippen LogP contribution in [0, 0.1) is 6.92 Å². The number of carboxylic acids is 1. The first-order chi connectivity index (χ1) is 7.82. The molecule has 0 bridgehead atoms. The van der Waals surface area contributed by atoms with Crippen LogP contribution in [0.25, 0.3) is 0 Å². The first-order valence-electron chi connectivity index (χ1n) is 5.09. The molecule has 17 heavy (non-hydrogen) atoms. The third-order valence-electron chi connectivity index (χ3n) is 2.69. The highest BCUT2D eigenvalue weighted by molar-refractivity contribution is 5.98. The summed E-state index contributed by atoms with van der Waals surface area (Å²) < 4.78 is 0. The minimum Gasteiger partial charge on any atom is -0.507 e. The van der Waals surface area contributed by atoms with E-state index < -0.39 is 11.7 Å². The molecule has 1 rings (SSSR count). The van der Waals surface area contributed by atoms with Gasteiger partial charge in [-0.15, -0.1) is 0 Å². The van der Waals surface area contributed by atoms with Gasteiger partial charge in [-0.05, 0) is 18.4 Å². The fourth-order valence-corrected chi connectivity index (χ4v) is 1.83. The lowest BCUT2D eigenvalue weighted by atomic mass is 9.91. The lowest BCUT2D eigenvalue weighted by Crippen LogP contribution is -2.07. The van der Waals surface area contributed by atoms with Gasteiger partial charge in [0.1, 0.15) is 17.1 Å². The number of benzene rings is 1. The molecular weight excluding hydrogens is 224 g/mol. The Kier molecular flexibility index (Phi) is 3.41. The second-order valence-corrected chi connectivity index (χ2v) is 4.10. The molecule has 1 aromatic carbocycles. The van der Waals surface area contributed by atoms with Crippen LogP contribution in [0.1, 0.15) is 51.6 Å². The highest BCUT2D eigenvalue weighted by Gasteiger charge is 2.26. The number of carboxylic acid groups (broad SMARTS) is 1. The molecule has 0 amide bonds. The fourth-order valence-electron chi connectivity index (χ4n) is 1.83. The van der Waals surface area contributed by atoms with Crippen molar-refractivity contribution < 1.29 is 24.9 Å². The van der Waals surface area contributed by atoms with Crippen molar-refractivity contribution in [1.82, 2.24) is 0 Å². The first kappa shape index (κ1) is 13.0. The molecule has 0 saturated carbocycles. The predicted octanol–water partition coefficient (Wildman–Crippen LogP) is 2.04. The maximum absolute atomic E-state index is 11.0. The number of rotatable bonds is 3. The van der Waals surface area contributed by atoms with Gasteiger partial charge in [-0.25, -0.2) is 4.79 Å². The number of carbonyl (C=O) groups is 2. The van der Waals surface area contributed by atoms with Crippen molar-refractivity contribution >= 4 is 12.3 Å². The van der Waals surface area contributed by atoms with Crippen molar-refractivity contribution in [2.45, 2.75) is 26.7 Å². The number of carbonyl (C=O) groups excluding carboxylic acids is 1. The monoisotopic (exact) mass is 238 g/mol. The Morgan fingerprint density at radius 1 is 1.24 bits per heavy atom. The molecule has 0 aliphatic rings. The Labute approximate surface area is 98.3 Å². The van der Waals surface area contributed by atoms with E-state index in [1.54, 1.807) is 13.8 Å². The van der Waals surface area contributed by atoms with E-state index in [0.29, 0.717) is 6.29 Å². The van der Waals surface area contributed by atoms with Crippen LogP contribution in [0.4, 0.5) is 0 Å². The molecule has 0 aromatic heterocycles. The third-order valence-corrected chi connectivity index (χ3v) is 2.69. The van der Waals surface area contributed by atoms with E-state index in [2.05, 4.69) is 0 Å².